The lowest BCUT2D eigenvalue weighted by atomic mass is 9.77. The molecule has 2 unspecified atom stereocenters. The van der Waals surface area contributed by atoms with Crippen LogP contribution in [0.25, 0.3) is 0 Å². The van der Waals surface area contributed by atoms with Gasteiger partial charge in [0.25, 0.3) is 0 Å². The first-order valence-electron chi connectivity index (χ1n) is 9.27. The Morgan fingerprint density at radius 2 is 2.11 bits per heavy atom. The Bertz CT molecular complexity index is 840. The summed E-state index contributed by atoms with van der Waals surface area (Å²) < 4.78 is 23.9. The van der Waals surface area contributed by atoms with Crippen molar-refractivity contribution in [2.45, 2.75) is 25.2 Å². The maximum Gasteiger partial charge on any atom is 0.325 e. The van der Waals surface area contributed by atoms with Gasteiger partial charge in [-0.2, -0.15) is 0 Å². The van der Waals surface area contributed by atoms with Crippen molar-refractivity contribution in [2.24, 2.45) is 11.8 Å². The predicted octanol–water partition coefficient (Wildman–Crippen LogP) is 0.787. The lowest BCUT2D eigenvalue weighted by Gasteiger charge is -2.23. The van der Waals surface area contributed by atoms with Crippen LogP contribution in [0.2, 0.25) is 0 Å². The number of hydrogen-bond acceptors (Lipinski definition) is 5. The van der Waals surface area contributed by atoms with Gasteiger partial charge in [-0.15, -0.1) is 0 Å². The summed E-state index contributed by atoms with van der Waals surface area (Å²) in [6, 6.07) is 5.84. The van der Waals surface area contributed by atoms with E-state index in [2.05, 4.69) is 5.32 Å². The van der Waals surface area contributed by atoms with Gasteiger partial charge in [-0.1, -0.05) is 24.3 Å². The Balaban J connectivity index is 1.46. The number of nitrogens with zero attached hydrogens (tertiary/aromatic N) is 1. The fourth-order valence-corrected chi connectivity index (χ4v) is 4.28. The second-order valence-electron chi connectivity index (χ2n) is 7.24. The van der Waals surface area contributed by atoms with E-state index in [1.54, 1.807) is 25.1 Å². The highest BCUT2D eigenvalue weighted by Crippen LogP contribution is 2.51. The van der Waals surface area contributed by atoms with E-state index < -0.39 is 29.5 Å². The van der Waals surface area contributed by atoms with Crippen molar-refractivity contribution in [1.29, 1.82) is 0 Å². The van der Waals surface area contributed by atoms with E-state index in [1.807, 2.05) is 6.08 Å². The summed E-state index contributed by atoms with van der Waals surface area (Å²) in [5.74, 6) is -2.72. The van der Waals surface area contributed by atoms with Gasteiger partial charge in [-0.05, 0) is 24.6 Å². The number of benzene rings is 1. The van der Waals surface area contributed by atoms with Crippen molar-refractivity contribution in [2.75, 3.05) is 19.7 Å². The van der Waals surface area contributed by atoms with Gasteiger partial charge in [0, 0.05) is 6.54 Å². The molecule has 1 aromatic carbocycles. The molecule has 0 saturated carbocycles. The Hall–Kier alpha value is -2.74. The number of hydrogen-bond donors (Lipinski definition) is 1. The number of carbonyl (C=O) groups is 3. The van der Waals surface area contributed by atoms with Crippen molar-refractivity contribution in [3.05, 3.63) is 47.8 Å². The SMILES string of the molecule is CCOC(=O)CN1CC23C=C[C@@H](O2)C(C(=O)NCc2ccc(F)cc2)[C@@H]3C1=O. The van der Waals surface area contributed by atoms with Gasteiger partial charge >= 0.3 is 5.97 Å². The second-order valence-corrected chi connectivity index (χ2v) is 7.24. The molecule has 8 heteroatoms. The van der Waals surface area contributed by atoms with Gasteiger partial charge in [-0.25, -0.2) is 4.39 Å². The third-order valence-corrected chi connectivity index (χ3v) is 5.49. The molecule has 1 spiro atoms. The molecule has 3 aliphatic rings. The molecule has 2 amide bonds. The number of rotatable bonds is 6. The van der Waals surface area contributed by atoms with Crippen molar-refractivity contribution in [1.82, 2.24) is 10.2 Å². The predicted molar refractivity (Wildman–Crippen MR) is 95.2 cm³/mol. The van der Waals surface area contributed by atoms with Gasteiger partial charge < -0.3 is 19.7 Å². The fourth-order valence-electron chi connectivity index (χ4n) is 4.28. The van der Waals surface area contributed by atoms with Gasteiger partial charge in [-0.3, -0.25) is 14.4 Å². The van der Waals surface area contributed by atoms with E-state index in [9.17, 15) is 18.8 Å². The van der Waals surface area contributed by atoms with Crippen LogP contribution in [-0.4, -0.2) is 54.1 Å². The molecule has 1 N–H and O–H groups in total. The van der Waals surface area contributed by atoms with E-state index in [1.165, 1.54) is 17.0 Å². The minimum absolute atomic E-state index is 0.156. The molecule has 0 aromatic heterocycles. The van der Waals surface area contributed by atoms with Crippen LogP contribution in [0.1, 0.15) is 12.5 Å². The van der Waals surface area contributed by atoms with E-state index in [0.29, 0.717) is 0 Å². The summed E-state index contributed by atoms with van der Waals surface area (Å²) in [5, 5.41) is 2.81. The molecule has 0 radical (unpaired) electrons. The molecule has 148 valence electrons. The van der Waals surface area contributed by atoms with Crippen LogP contribution in [0.5, 0.6) is 0 Å². The van der Waals surface area contributed by atoms with Gasteiger partial charge in [0.15, 0.2) is 0 Å². The van der Waals surface area contributed by atoms with E-state index in [-0.39, 0.29) is 43.9 Å². The Kier molecular flexibility index (Phi) is 4.66. The quantitative estimate of drug-likeness (QED) is 0.575. The second kappa shape index (κ2) is 7.01. The van der Waals surface area contributed by atoms with Crippen molar-refractivity contribution >= 4 is 17.8 Å². The van der Waals surface area contributed by atoms with Crippen molar-refractivity contribution in [3.8, 4) is 0 Å². The summed E-state index contributed by atoms with van der Waals surface area (Å²) in [7, 11) is 0. The maximum absolute atomic E-state index is 13.0. The van der Waals surface area contributed by atoms with Crippen LogP contribution in [0, 0.1) is 17.7 Å². The molecule has 28 heavy (non-hydrogen) atoms. The molecule has 3 aliphatic heterocycles. The van der Waals surface area contributed by atoms with Crippen LogP contribution in [0.4, 0.5) is 4.39 Å². The summed E-state index contributed by atoms with van der Waals surface area (Å²) in [5.41, 5.74) is -0.114. The summed E-state index contributed by atoms with van der Waals surface area (Å²) in [6.07, 6.45) is 3.17. The number of carbonyl (C=O) groups excluding carboxylic acids is 3. The zero-order valence-electron chi connectivity index (χ0n) is 15.4. The Morgan fingerprint density at radius 1 is 1.36 bits per heavy atom. The monoisotopic (exact) mass is 388 g/mol. The van der Waals surface area contributed by atoms with Gasteiger partial charge in [0.1, 0.15) is 18.0 Å². The molecule has 4 atom stereocenters. The highest BCUT2D eigenvalue weighted by molar-refractivity contribution is 5.94. The summed E-state index contributed by atoms with van der Waals surface area (Å²) in [6.45, 7) is 2.24. The lowest BCUT2D eigenvalue weighted by Crippen LogP contribution is -2.44. The number of ether oxygens (including phenoxy) is 2. The summed E-state index contributed by atoms with van der Waals surface area (Å²) >= 11 is 0. The average molecular weight is 388 g/mol. The van der Waals surface area contributed by atoms with Crippen molar-refractivity contribution in [3.63, 3.8) is 0 Å². The average Bonchev–Trinajstić information content (AvgIpc) is 3.30. The maximum atomic E-state index is 13.0. The van der Waals surface area contributed by atoms with Crippen LogP contribution < -0.4 is 5.32 Å². The first kappa shape index (κ1) is 18.6. The molecule has 0 aliphatic carbocycles. The zero-order valence-corrected chi connectivity index (χ0v) is 15.4. The number of amides is 2. The number of halogens is 1. The van der Waals surface area contributed by atoms with Gasteiger partial charge in [0.2, 0.25) is 11.8 Å². The number of likely N-dealkylation sites (tertiary alicyclic amines) is 1. The third-order valence-electron chi connectivity index (χ3n) is 5.49. The van der Waals surface area contributed by atoms with Crippen LogP contribution >= 0.6 is 0 Å². The first-order chi connectivity index (χ1) is 13.4. The van der Waals surface area contributed by atoms with E-state index >= 15 is 0 Å². The standard InChI is InChI=1S/C20H21FN2O5/c1-2-27-15(24)10-23-11-20-8-7-14(28-20)16(17(20)19(23)26)18(25)22-9-12-3-5-13(21)6-4-12/h3-8,14,16-17H,2,9-11H2,1H3,(H,22,25)/t14-,16?,17-,20?/m1/s1. The molecule has 2 bridgehead atoms. The highest BCUT2D eigenvalue weighted by atomic mass is 19.1. The number of fused-ring (bicyclic) bond motifs is 1. The van der Waals surface area contributed by atoms with E-state index in [0.717, 1.165) is 5.56 Å². The largest absolute Gasteiger partial charge is 0.465 e. The van der Waals surface area contributed by atoms with Crippen LogP contribution in [0.3, 0.4) is 0 Å². The Morgan fingerprint density at radius 3 is 2.82 bits per heavy atom. The first-order valence-corrected chi connectivity index (χ1v) is 9.27. The van der Waals surface area contributed by atoms with Crippen LogP contribution in [0.15, 0.2) is 36.4 Å². The van der Waals surface area contributed by atoms with Gasteiger partial charge in [0.05, 0.1) is 31.1 Å². The molecule has 2 fully saturated rings. The molecule has 1 aromatic rings. The highest BCUT2D eigenvalue weighted by Gasteiger charge is 2.66. The number of nitrogens with one attached hydrogen (secondary N) is 1. The molecular formula is C20H21FN2O5. The van der Waals surface area contributed by atoms with Crippen LogP contribution in [-0.2, 0) is 30.4 Å². The molecule has 4 rings (SSSR count). The summed E-state index contributed by atoms with van der Waals surface area (Å²) in [4.78, 5) is 38.9. The fraction of sp³-hybridized carbons (Fsp3) is 0.450. The molecule has 7 nitrogen and oxygen atoms in total. The minimum atomic E-state index is -0.869. The topological polar surface area (TPSA) is 84.9 Å². The number of esters is 1. The van der Waals surface area contributed by atoms with E-state index in [4.69, 9.17) is 9.47 Å². The lowest BCUT2D eigenvalue weighted by molar-refractivity contribution is -0.149. The molecule has 3 heterocycles. The molecule has 2 saturated heterocycles. The molecular weight excluding hydrogens is 367 g/mol. The third kappa shape index (κ3) is 3.07. The zero-order chi connectivity index (χ0) is 19.9. The van der Waals surface area contributed by atoms with Crippen molar-refractivity contribution < 1.29 is 28.2 Å². The minimum Gasteiger partial charge on any atom is -0.465 e. The Labute approximate surface area is 161 Å². The normalized spacial score (nSPS) is 29.9. The smallest absolute Gasteiger partial charge is 0.325 e.